The monoisotopic (exact) mass is 230 g/mol. The van der Waals surface area contributed by atoms with Crippen LogP contribution < -0.4 is 11.1 Å². The van der Waals surface area contributed by atoms with Gasteiger partial charge in [-0.3, -0.25) is 4.79 Å². The van der Waals surface area contributed by atoms with Crippen LogP contribution in [0.2, 0.25) is 0 Å². The third-order valence-electron chi connectivity index (χ3n) is 2.50. The summed E-state index contributed by atoms with van der Waals surface area (Å²) < 4.78 is 0. The number of anilines is 1. The molecule has 0 heterocycles. The lowest BCUT2D eigenvalue weighted by atomic mass is 10.0. The summed E-state index contributed by atoms with van der Waals surface area (Å²) in [6.45, 7) is 4.20. The molecule has 0 aliphatic rings. The van der Waals surface area contributed by atoms with Crippen LogP contribution in [0.5, 0.6) is 0 Å². The van der Waals surface area contributed by atoms with E-state index in [0.29, 0.717) is 5.92 Å². The van der Waals surface area contributed by atoms with Gasteiger partial charge in [-0.05, 0) is 23.6 Å². The topological polar surface area (TPSA) is 55.1 Å². The maximum absolute atomic E-state index is 11.7. The van der Waals surface area contributed by atoms with Crippen molar-refractivity contribution in [2.75, 3.05) is 5.32 Å². The van der Waals surface area contributed by atoms with Gasteiger partial charge >= 0.3 is 0 Å². The van der Waals surface area contributed by atoms with Crippen LogP contribution in [0.1, 0.15) is 31.7 Å². The first-order chi connectivity index (χ1) is 8.04. The first-order valence-corrected chi connectivity index (χ1v) is 5.64. The van der Waals surface area contributed by atoms with Crippen LogP contribution in [0, 0.1) is 12.3 Å². The molecule has 0 spiro atoms. The highest BCUT2D eigenvalue weighted by molar-refractivity contribution is 5.94. The zero-order chi connectivity index (χ0) is 12.8. The Morgan fingerprint density at radius 2 is 2.24 bits per heavy atom. The Morgan fingerprint density at radius 1 is 1.53 bits per heavy atom. The normalized spacial score (nSPS) is 11.9. The molecule has 1 amide bonds. The van der Waals surface area contributed by atoms with Gasteiger partial charge in [-0.15, -0.1) is 12.3 Å². The molecule has 17 heavy (non-hydrogen) atoms. The van der Waals surface area contributed by atoms with Gasteiger partial charge in [-0.25, -0.2) is 0 Å². The minimum atomic E-state index is -0.650. The highest BCUT2D eigenvalue weighted by Gasteiger charge is 2.12. The quantitative estimate of drug-likeness (QED) is 0.778. The molecule has 1 unspecified atom stereocenters. The fourth-order valence-electron chi connectivity index (χ4n) is 1.43. The molecule has 1 atom stereocenters. The van der Waals surface area contributed by atoms with Crippen molar-refractivity contribution in [3.05, 3.63) is 29.8 Å². The number of terminal acetylenes is 1. The van der Waals surface area contributed by atoms with E-state index in [9.17, 15) is 4.79 Å². The number of hydrogen-bond acceptors (Lipinski definition) is 2. The standard InChI is InChI=1S/C14H18N2O/c1-4-6-13(15)14(17)16-12-8-5-7-11(9-12)10(2)3/h1,5,7-10,13H,6,15H2,2-3H3,(H,16,17). The third-order valence-corrected chi connectivity index (χ3v) is 2.50. The summed E-state index contributed by atoms with van der Waals surface area (Å²) in [5.41, 5.74) is 7.55. The fourth-order valence-corrected chi connectivity index (χ4v) is 1.43. The Balaban J connectivity index is 2.72. The van der Waals surface area contributed by atoms with Gasteiger partial charge in [-0.2, -0.15) is 0 Å². The van der Waals surface area contributed by atoms with Crippen molar-refractivity contribution in [1.29, 1.82) is 0 Å². The molecule has 0 aromatic heterocycles. The SMILES string of the molecule is C#CCC(N)C(=O)Nc1cccc(C(C)C)c1. The molecule has 0 bridgehead atoms. The summed E-state index contributed by atoms with van der Waals surface area (Å²) in [6.07, 6.45) is 5.36. The average molecular weight is 230 g/mol. The number of amides is 1. The van der Waals surface area contributed by atoms with Gasteiger partial charge in [0.2, 0.25) is 5.91 Å². The van der Waals surface area contributed by atoms with E-state index in [1.807, 2.05) is 24.3 Å². The molecule has 0 saturated carbocycles. The molecule has 3 N–H and O–H groups in total. The van der Waals surface area contributed by atoms with Crippen molar-refractivity contribution in [2.24, 2.45) is 5.73 Å². The van der Waals surface area contributed by atoms with Gasteiger partial charge in [0.25, 0.3) is 0 Å². The van der Waals surface area contributed by atoms with Gasteiger partial charge in [0, 0.05) is 12.1 Å². The second kappa shape index (κ2) is 6.07. The number of hydrogen-bond donors (Lipinski definition) is 2. The van der Waals surface area contributed by atoms with Gasteiger partial charge in [0.05, 0.1) is 6.04 Å². The molecule has 3 heteroatoms. The molecular weight excluding hydrogens is 212 g/mol. The van der Waals surface area contributed by atoms with Crippen molar-refractivity contribution >= 4 is 11.6 Å². The van der Waals surface area contributed by atoms with Gasteiger partial charge < -0.3 is 11.1 Å². The molecule has 0 saturated heterocycles. The smallest absolute Gasteiger partial charge is 0.242 e. The minimum absolute atomic E-state index is 0.246. The van der Waals surface area contributed by atoms with Crippen molar-refractivity contribution in [3.8, 4) is 12.3 Å². The summed E-state index contributed by atoms with van der Waals surface area (Å²) in [4.78, 5) is 11.7. The first kappa shape index (κ1) is 13.3. The van der Waals surface area contributed by atoms with Crippen molar-refractivity contribution < 1.29 is 4.79 Å². The van der Waals surface area contributed by atoms with Crippen LogP contribution in [0.4, 0.5) is 5.69 Å². The number of carbonyl (C=O) groups excluding carboxylic acids is 1. The van der Waals surface area contributed by atoms with E-state index < -0.39 is 6.04 Å². The van der Waals surface area contributed by atoms with Crippen molar-refractivity contribution in [1.82, 2.24) is 0 Å². The molecule has 90 valence electrons. The Labute approximate surface area is 102 Å². The molecule has 3 nitrogen and oxygen atoms in total. The minimum Gasteiger partial charge on any atom is -0.325 e. The lowest BCUT2D eigenvalue weighted by molar-refractivity contribution is -0.117. The molecule has 1 rings (SSSR count). The van der Waals surface area contributed by atoms with E-state index in [-0.39, 0.29) is 12.3 Å². The molecule has 0 aliphatic carbocycles. The van der Waals surface area contributed by atoms with Gasteiger partial charge in [-0.1, -0.05) is 26.0 Å². The van der Waals surface area contributed by atoms with E-state index in [0.717, 1.165) is 5.69 Å². The van der Waals surface area contributed by atoms with Gasteiger partial charge in [0.15, 0.2) is 0 Å². The molecular formula is C14H18N2O. The number of nitrogens with two attached hydrogens (primary N) is 1. The van der Waals surface area contributed by atoms with Crippen LogP contribution in [0.15, 0.2) is 24.3 Å². The number of carbonyl (C=O) groups is 1. The van der Waals surface area contributed by atoms with E-state index >= 15 is 0 Å². The highest BCUT2D eigenvalue weighted by Crippen LogP contribution is 2.18. The molecule has 1 aromatic carbocycles. The molecule has 0 fully saturated rings. The van der Waals surface area contributed by atoms with Crippen LogP contribution in [0.3, 0.4) is 0 Å². The summed E-state index contributed by atoms with van der Waals surface area (Å²) in [6, 6.07) is 7.08. The van der Waals surface area contributed by atoms with E-state index in [1.165, 1.54) is 5.56 Å². The van der Waals surface area contributed by atoms with E-state index in [4.69, 9.17) is 12.2 Å². The van der Waals surface area contributed by atoms with Crippen molar-refractivity contribution in [3.63, 3.8) is 0 Å². The molecule has 0 radical (unpaired) electrons. The van der Waals surface area contributed by atoms with Crippen LogP contribution in [-0.4, -0.2) is 11.9 Å². The van der Waals surface area contributed by atoms with E-state index in [1.54, 1.807) is 0 Å². The first-order valence-electron chi connectivity index (χ1n) is 5.64. The zero-order valence-corrected chi connectivity index (χ0v) is 10.2. The predicted molar refractivity (Wildman–Crippen MR) is 70.6 cm³/mol. The largest absolute Gasteiger partial charge is 0.325 e. The maximum atomic E-state index is 11.7. The van der Waals surface area contributed by atoms with Crippen LogP contribution in [0.25, 0.3) is 0 Å². The number of rotatable bonds is 4. The maximum Gasteiger partial charge on any atom is 0.242 e. The zero-order valence-electron chi connectivity index (χ0n) is 10.2. The van der Waals surface area contributed by atoms with E-state index in [2.05, 4.69) is 25.1 Å². The van der Waals surface area contributed by atoms with Gasteiger partial charge in [0.1, 0.15) is 0 Å². The second-order valence-electron chi connectivity index (χ2n) is 4.28. The summed E-state index contributed by atoms with van der Waals surface area (Å²) in [5.74, 6) is 2.55. The second-order valence-corrected chi connectivity index (χ2v) is 4.28. The summed E-state index contributed by atoms with van der Waals surface area (Å²) in [7, 11) is 0. The van der Waals surface area contributed by atoms with Crippen LogP contribution in [-0.2, 0) is 4.79 Å². The fraction of sp³-hybridized carbons (Fsp3) is 0.357. The third kappa shape index (κ3) is 3.93. The lowest BCUT2D eigenvalue weighted by Gasteiger charge is -2.12. The Kier molecular flexibility index (Phi) is 4.74. The lowest BCUT2D eigenvalue weighted by Crippen LogP contribution is -2.35. The highest BCUT2D eigenvalue weighted by atomic mass is 16.2. The Hall–Kier alpha value is -1.79. The predicted octanol–water partition coefficient (Wildman–Crippen LogP) is 2.10. The van der Waals surface area contributed by atoms with Crippen molar-refractivity contribution in [2.45, 2.75) is 32.2 Å². The molecule has 0 aliphatic heterocycles. The Bertz CT molecular complexity index is 432. The average Bonchev–Trinajstić information content (AvgIpc) is 2.29. The summed E-state index contributed by atoms with van der Waals surface area (Å²) in [5, 5.41) is 2.76. The number of nitrogens with one attached hydrogen (secondary N) is 1. The summed E-state index contributed by atoms with van der Waals surface area (Å²) >= 11 is 0. The number of benzene rings is 1. The molecule has 1 aromatic rings. The van der Waals surface area contributed by atoms with Crippen LogP contribution >= 0.6 is 0 Å². The Morgan fingerprint density at radius 3 is 2.82 bits per heavy atom.